The number of hydrogen-bond donors (Lipinski definition) is 1. The van der Waals surface area contributed by atoms with E-state index in [1.807, 2.05) is 13.8 Å². The van der Waals surface area contributed by atoms with Gasteiger partial charge in [-0.05, 0) is 24.7 Å². The minimum absolute atomic E-state index is 0.534. The van der Waals surface area contributed by atoms with Crippen LogP contribution < -0.4 is 0 Å². The van der Waals surface area contributed by atoms with Gasteiger partial charge in [0.15, 0.2) is 0 Å². The van der Waals surface area contributed by atoms with Crippen molar-refractivity contribution in [3.05, 3.63) is 0 Å². The summed E-state index contributed by atoms with van der Waals surface area (Å²) in [5, 5.41) is 0. The zero-order valence-corrected chi connectivity index (χ0v) is 11.3. The summed E-state index contributed by atoms with van der Waals surface area (Å²) in [5.74, 6) is 1.54. The monoisotopic (exact) mass is 231 g/mol. The molecule has 0 aromatic rings. The van der Waals surface area contributed by atoms with Crippen LogP contribution in [0.5, 0.6) is 0 Å². The zero-order chi connectivity index (χ0) is 11.4. The molecular formula is C12H25NOS. The molecule has 0 aromatic carbocycles. The maximum absolute atomic E-state index is 5.62. The van der Waals surface area contributed by atoms with Crippen LogP contribution >= 0.6 is 12.8 Å². The average molecular weight is 231 g/mol. The molecule has 0 spiro atoms. The highest BCUT2D eigenvalue weighted by Crippen LogP contribution is 2.34. The summed E-state index contributed by atoms with van der Waals surface area (Å²) < 4.78 is 7.86. The molecule has 0 N–H and O–H groups in total. The van der Waals surface area contributed by atoms with E-state index in [1.54, 1.807) is 0 Å². The highest BCUT2D eigenvalue weighted by atomic mass is 32.1. The van der Waals surface area contributed by atoms with Gasteiger partial charge in [0.1, 0.15) is 0 Å². The first-order chi connectivity index (χ1) is 7.18. The van der Waals surface area contributed by atoms with E-state index in [1.165, 1.54) is 12.8 Å². The van der Waals surface area contributed by atoms with Crippen molar-refractivity contribution in [1.82, 2.24) is 4.31 Å². The van der Waals surface area contributed by atoms with E-state index in [0.717, 1.165) is 25.0 Å². The molecule has 2 saturated heterocycles. The van der Waals surface area contributed by atoms with Gasteiger partial charge in [0, 0.05) is 12.1 Å². The van der Waals surface area contributed by atoms with Crippen LogP contribution in [0.3, 0.4) is 0 Å². The smallest absolute Gasteiger partial charge is 0.0634 e. The molecule has 2 bridgehead atoms. The van der Waals surface area contributed by atoms with Crippen molar-refractivity contribution < 1.29 is 4.74 Å². The maximum Gasteiger partial charge on any atom is 0.0634 e. The second-order valence-electron chi connectivity index (χ2n) is 4.69. The maximum atomic E-state index is 5.62. The van der Waals surface area contributed by atoms with E-state index in [9.17, 15) is 0 Å². The highest BCUT2D eigenvalue weighted by molar-refractivity contribution is 7.77. The van der Waals surface area contributed by atoms with Crippen LogP contribution in [0.2, 0.25) is 0 Å². The van der Waals surface area contributed by atoms with Gasteiger partial charge in [0.2, 0.25) is 0 Å². The number of rotatable bonds is 0. The molecule has 0 saturated carbocycles. The van der Waals surface area contributed by atoms with Crippen molar-refractivity contribution in [3.63, 3.8) is 0 Å². The second-order valence-corrected chi connectivity index (χ2v) is 5.15. The molecule has 15 heavy (non-hydrogen) atoms. The Kier molecular flexibility index (Phi) is 5.44. The Hall–Kier alpha value is 0.270. The number of nitrogens with zero attached hydrogens (tertiary/aromatic N) is 1. The van der Waals surface area contributed by atoms with Gasteiger partial charge in [-0.25, -0.2) is 4.31 Å². The Morgan fingerprint density at radius 1 is 1.13 bits per heavy atom. The van der Waals surface area contributed by atoms with Crippen LogP contribution in [-0.4, -0.2) is 29.6 Å². The molecular weight excluding hydrogens is 206 g/mol. The topological polar surface area (TPSA) is 12.5 Å². The molecule has 4 atom stereocenters. The summed E-state index contributed by atoms with van der Waals surface area (Å²) in [6.07, 6.45) is 2.56. The molecule has 0 radical (unpaired) electrons. The van der Waals surface area contributed by atoms with Crippen molar-refractivity contribution in [1.29, 1.82) is 0 Å². The first kappa shape index (κ1) is 13.3. The molecule has 2 fully saturated rings. The quantitative estimate of drug-likeness (QED) is 0.643. The number of thiol groups is 1. The predicted molar refractivity (Wildman–Crippen MR) is 68.1 cm³/mol. The van der Waals surface area contributed by atoms with E-state index in [2.05, 4.69) is 31.0 Å². The van der Waals surface area contributed by atoms with E-state index in [-0.39, 0.29) is 0 Å². The number of ether oxygens (including phenoxy) is 1. The molecule has 0 amide bonds. The summed E-state index contributed by atoms with van der Waals surface area (Å²) >= 11 is 4.60. The first-order valence-corrected chi connectivity index (χ1v) is 6.63. The van der Waals surface area contributed by atoms with Gasteiger partial charge >= 0.3 is 0 Å². The molecule has 2 rings (SSSR count). The Morgan fingerprint density at radius 2 is 1.80 bits per heavy atom. The van der Waals surface area contributed by atoms with Crippen molar-refractivity contribution in [3.8, 4) is 0 Å². The number of hydrogen-bond acceptors (Lipinski definition) is 3. The lowest BCUT2D eigenvalue weighted by molar-refractivity contribution is -0.0103. The third kappa shape index (κ3) is 3.11. The summed E-state index contributed by atoms with van der Waals surface area (Å²) in [5.41, 5.74) is 0. The van der Waals surface area contributed by atoms with Gasteiger partial charge in [-0.2, -0.15) is 0 Å². The molecule has 2 aliphatic heterocycles. The Labute approximate surface area is 99.9 Å². The fourth-order valence-corrected chi connectivity index (χ4v) is 3.16. The van der Waals surface area contributed by atoms with E-state index < -0.39 is 0 Å². The minimum Gasteiger partial charge on any atom is -0.378 e. The summed E-state index contributed by atoms with van der Waals surface area (Å²) in [6.45, 7) is 10.4. The van der Waals surface area contributed by atoms with Crippen molar-refractivity contribution in [2.24, 2.45) is 11.8 Å². The van der Waals surface area contributed by atoms with Gasteiger partial charge in [-0.3, -0.25) is 0 Å². The van der Waals surface area contributed by atoms with Crippen LogP contribution in [0.15, 0.2) is 0 Å². The standard InChI is InChI=1S/C10H19NOS.C2H6/c1-7-3-8(2)10-6-12-5-9(4-7)11(10)13;1-2/h7-10,13H,3-6H2,1-2H3;1-2H3. The predicted octanol–water partition coefficient (Wildman–Crippen LogP) is 2.99. The lowest BCUT2D eigenvalue weighted by atomic mass is 9.92. The molecule has 0 aromatic heterocycles. The summed E-state index contributed by atoms with van der Waals surface area (Å²) in [7, 11) is 0. The Morgan fingerprint density at radius 3 is 2.47 bits per heavy atom. The second kappa shape index (κ2) is 6.12. The first-order valence-electron chi connectivity index (χ1n) is 6.23. The summed E-state index contributed by atoms with van der Waals surface area (Å²) in [6, 6.07) is 1.08. The van der Waals surface area contributed by atoms with Crippen LogP contribution in [0, 0.1) is 11.8 Å². The van der Waals surface area contributed by atoms with Gasteiger partial charge in [-0.15, -0.1) is 0 Å². The fourth-order valence-electron chi connectivity index (χ4n) is 2.70. The minimum atomic E-state index is 0.534. The van der Waals surface area contributed by atoms with E-state index in [0.29, 0.717) is 12.1 Å². The molecule has 0 aliphatic carbocycles. The van der Waals surface area contributed by atoms with Crippen LogP contribution in [0.4, 0.5) is 0 Å². The Bertz CT molecular complexity index is 188. The lowest BCUT2D eigenvalue weighted by Crippen LogP contribution is -2.48. The number of fused-ring (bicyclic) bond motifs is 2. The van der Waals surface area contributed by atoms with Gasteiger partial charge in [0.25, 0.3) is 0 Å². The van der Waals surface area contributed by atoms with E-state index in [4.69, 9.17) is 4.74 Å². The average Bonchev–Trinajstić information content (AvgIpc) is 2.29. The third-order valence-corrected chi connectivity index (χ3v) is 4.04. The van der Waals surface area contributed by atoms with Gasteiger partial charge in [-0.1, -0.05) is 40.5 Å². The number of morpholine rings is 1. The normalized spacial score (nSPS) is 41.4. The highest BCUT2D eigenvalue weighted by Gasteiger charge is 2.37. The molecule has 2 aliphatic rings. The molecule has 90 valence electrons. The molecule has 2 heterocycles. The molecule has 4 unspecified atom stereocenters. The van der Waals surface area contributed by atoms with Crippen molar-refractivity contribution in [2.75, 3.05) is 13.2 Å². The van der Waals surface area contributed by atoms with Crippen LogP contribution in [-0.2, 0) is 4.74 Å². The lowest BCUT2D eigenvalue weighted by Gasteiger charge is -2.38. The molecule has 3 heteroatoms. The van der Waals surface area contributed by atoms with Crippen LogP contribution in [0.1, 0.15) is 40.5 Å². The molecule has 2 nitrogen and oxygen atoms in total. The largest absolute Gasteiger partial charge is 0.378 e. The van der Waals surface area contributed by atoms with Gasteiger partial charge in [0.05, 0.1) is 13.2 Å². The van der Waals surface area contributed by atoms with Crippen LogP contribution in [0.25, 0.3) is 0 Å². The van der Waals surface area contributed by atoms with E-state index >= 15 is 0 Å². The third-order valence-electron chi connectivity index (χ3n) is 3.42. The van der Waals surface area contributed by atoms with Crippen molar-refractivity contribution >= 4 is 12.8 Å². The summed E-state index contributed by atoms with van der Waals surface area (Å²) in [4.78, 5) is 0. The SMILES string of the molecule is CC.CC1CC(C)C2COCC(C1)N2S. The van der Waals surface area contributed by atoms with Crippen molar-refractivity contribution in [2.45, 2.75) is 52.6 Å². The Balaban J connectivity index is 0.000000531. The zero-order valence-electron chi connectivity index (χ0n) is 10.4. The fraction of sp³-hybridized carbons (Fsp3) is 1.00. The van der Waals surface area contributed by atoms with Gasteiger partial charge < -0.3 is 4.74 Å².